The summed E-state index contributed by atoms with van der Waals surface area (Å²) in [5, 5.41) is 6.83. The SMILES string of the molecule is CCCCC12CCC(F)CN1C(C(C(=O)NC1CNCCC1C1=C[N+](C)(C3CCCCC3)C(=O)CC1)C(N)N)C2. The lowest BCUT2D eigenvalue weighted by Crippen LogP contribution is -2.74. The predicted octanol–water partition coefficient (Wildman–Crippen LogP) is 3.06. The molecule has 9 heteroatoms. The third-order valence-corrected chi connectivity index (χ3v) is 11.3. The van der Waals surface area contributed by atoms with E-state index in [0.717, 1.165) is 64.3 Å². The molecular weight excluding hydrogens is 507 g/mol. The molecule has 40 heavy (non-hydrogen) atoms. The first kappa shape index (κ1) is 30.1. The van der Waals surface area contributed by atoms with Gasteiger partial charge in [0.15, 0.2) is 0 Å². The number of rotatable bonds is 9. The number of quaternary nitrogens is 1. The molecule has 5 rings (SSSR count). The second kappa shape index (κ2) is 12.5. The summed E-state index contributed by atoms with van der Waals surface area (Å²) >= 11 is 0. The second-order valence-electron chi connectivity index (χ2n) is 13.7. The Morgan fingerprint density at radius 2 is 2.00 bits per heavy atom. The Balaban J connectivity index is 1.32. The van der Waals surface area contributed by atoms with Crippen LogP contribution in [0.1, 0.15) is 96.8 Å². The zero-order valence-corrected chi connectivity index (χ0v) is 24.9. The van der Waals surface area contributed by atoms with E-state index in [9.17, 15) is 14.0 Å². The molecule has 1 saturated carbocycles. The number of hydrogen-bond acceptors (Lipinski definition) is 6. The van der Waals surface area contributed by atoms with E-state index in [0.29, 0.717) is 42.4 Å². The van der Waals surface area contributed by atoms with Crippen molar-refractivity contribution in [1.82, 2.24) is 15.5 Å². The molecule has 3 saturated heterocycles. The lowest BCUT2D eigenvalue weighted by molar-refractivity contribution is -0.814. The highest BCUT2D eigenvalue weighted by molar-refractivity contribution is 5.81. The summed E-state index contributed by atoms with van der Waals surface area (Å²) in [5.74, 6) is -0.179. The van der Waals surface area contributed by atoms with Crippen LogP contribution in [-0.2, 0) is 9.59 Å². The number of carbonyl (C=O) groups excluding carboxylic acids is 2. The van der Waals surface area contributed by atoms with Gasteiger partial charge in [0.25, 0.3) is 0 Å². The van der Waals surface area contributed by atoms with Crippen LogP contribution in [0.5, 0.6) is 0 Å². The lowest BCUT2D eigenvalue weighted by atomic mass is 9.65. The van der Waals surface area contributed by atoms with Gasteiger partial charge in [0.1, 0.15) is 12.4 Å². The molecule has 6 N–H and O–H groups in total. The average Bonchev–Trinajstić information content (AvgIpc) is 2.94. The van der Waals surface area contributed by atoms with Crippen molar-refractivity contribution < 1.29 is 18.5 Å². The van der Waals surface area contributed by atoms with Gasteiger partial charge in [-0.2, -0.15) is 0 Å². The first-order valence-electron chi connectivity index (χ1n) is 16.2. The van der Waals surface area contributed by atoms with Crippen LogP contribution in [0.4, 0.5) is 4.39 Å². The van der Waals surface area contributed by atoms with E-state index in [-0.39, 0.29) is 29.4 Å². The number of nitrogens with one attached hydrogen (secondary N) is 2. The molecule has 7 unspecified atom stereocenters. The number of piperidine rings is 2. The van der Waals surface area contributed by atoms with Gasteiger partial charge in [-0.25, -0.2) is 13.7 Å². The molecular formula is C31H54FN6O2+. The minimum atomic E-state index is -0.861. The van der Waals surface area contributed by atoms with Crippen LogP contribution < -0.4 is 22.1 Å². The molecule has 8 nitrogen and oxygen atoms in total. The minimum absolute atomic E-state index is 0.00739. The van der Waals surface area contributed by atoms with E-state index in [4.69, 9.17) is 11.5 Å². The number of unbranched alkanes of at least 4 members (excludes halogenated alkanes) is 1. The van der Waals surface area contributed by atoms with Crippen LogP contribution in [0, 0.1) is 11.8 Å². The Morgan fingerprint density at radius 3 is 2.73 bits per heavy atom. The van der Waals surface area contributed by atoms with Crippen molar-refractivity contribution >= 4 is 11.8 Å². The van der Waals surface area contributed by atoms with Crippen molar-refractivity contribution in [3.8, 4) is 0 Å². The highest BCUT2D eigenvalue weighted by atomic mass is 19.1. The van der Waals surface area contributed by atoms with Crippen LogP contribution in [0.2, 0.25) is 0 Å². The molecule has 4 fully saturated rings. The van der Waals surface area contributed by atoms with Crippen LogP contribution in [-0.4, -0.2) is 83.9 Å². The molecule has 2 amide bonds. The molecule has 0 aromatic rings. The zero-order chi connectivity index (χ0) is 28.5. The fourth-order valence-corrected chi connectivity index (χ4v) is 8.88. The van der Waals surface area contributed by atoms with E-state index < -0.39 is 18.3 Å². The van der Waals surface area contributed by atoms with Gasteiger partial charge < -0.3 is 22.1 Å². The lowest BCUT2D eigenvalue weighted by Gasteiger charge is -2.64. The van der Waals surface area contributed by atoms with Gasteiger partial charge in [0.2, 0.25) is 5.91 Å². The number of carbonyl (C=O) groups is 2. The van der Waals surface area contributed by atoms with Gasteiger partial charge >= 0.3 is 5.91 Å². The van der Waals surface area contributed by atoms with Crippen molar-refractivity contribution in [2.45, 2.75) is 133 Å². The summed E-state index contributed by atoms with van der Waals surface area (Å²) in [6.07, 6.45) is 14.3. The third kappa shape index (κ3) is 5.78. The Morgan fingerprint density at radius 1 is 1.23 bits per heavy atom. The number of fused-ring (bicyclic) bond motifs is 1. The molecule has 7 atom stereocenters. The number of nitrogens with two attached hydrogens (primary N) is 2. The Bertz CT molecular complexity index is 950. The normalized spacial score (nSPS) is 38.4. The van der Waals surface area contributed by atoms with Gasteiger partial charge in [-0.05, 0) is 63.5 Å². The van der Waals surface area contributed by atoms with Crippen molar-refractivity contribution in [3.05, 3.63) is 11.8 Å². The summed E-state index contributed by atoms with van der Waals surface area (Å²) < 4.78 is 15.0. The fourth-order valence-electron chi connectivity index (χ4n) is 8.88. The number of halogens is 1. The highest BCUT2D eigenvalue weighted by Crippen LogP contribution is 2.50. The predicted molar refractivity (Wildman–Crippen MR) is 155 cm³/mol. The molecule has 0 spiro atoms. The minimum Gasteiger partial charge on any atom is -0.351 e. The third-order valence-electron chi connectivity index (χ3n) is 11.3. The van der Waals surface area contributed by atoms with E-state index in [1.54, 1.807) is 0 Å². The topological polar surface area (TPSA) is 113 Å². The van der Waals surface area contributed by atoms with Crippen LogP contribution in [0.3, 0.4) is 0 Å². The fraction of sp³-hybridized carbons (Fsp3) is 0.871. The second-order valence-corrected chi connectivity index (χ2v) is 13.7. The first-order chi connectivity index (χ1) is 19.2. The number of amides is 2. The van der Waals surface area contributed by atoms with Gasteiger partial charge in [-0.3, -0.25) is 9.69 Å². The molecule has 0 radical (unpaired) electrons. The molecule has 4 aliphatic heterocycles. The highest BCUT2D eigenvalue weighted by Gasteiger charge is 2.58. The summed E-state index contributed by atoms with van der Waals surface area (Å²) in [7, 11) is 2.10. The molecule has 0 bridgehead atoms. The molecule has 5 aliphatic rings. The standard InChI is InChI=1S/C31H53FN6O2/c1-3-4-14-31-15-12-22(32)19-37(31)26(17-31)28(29(33)34)30(40)36-25-18-35-16-13-24(25)21-10-11-27(39)38(2,20-21)23-8-6-5-7-9-23/h20,22-26,28-29,35H,3-19,33-34H2,1-2H3/p+1. The first-order valence-corrected chi connectivity index (χ1v) is 16.2. The van der Waals surface area contributed by atoms with Crippen molar-refractivity contribution in [3.63, 3.8) is 0 Å². The molecule has 226 valence electrons. The summed E-state index contributed by atoms with van der Waals surface area (Å²) in [4.78, 5) is 29.4. The van der Waals surface area contributed by atoms with Gasteiger partial charge in [0, 0.05) is 49.5 Å². The maximum atomic E-state index is 14.6. The zero-order valence-electron chi connectivity index (χ0n) is 24.9. The Hall–Kier alpha value is -1.39. The average molecular weight is 562 g/mol. The monoisotopic (exact) mass is 561 g/mol. The maximum absolute atomic E-state index is 14.6. The summed E-state index contributed by atoms with van der Waals surface area (Å²) in [6.45, 7) is 4.14. The smallest absolute Gasteiger partial charge is 0.318 e. The van der Waals surface area contributed by atoms with E-state index in [1.807, 2.05) is 0 Å². The van der Waals surface area contributed by atoms with Gasteiger partial charge in [-0.15, -0.1) is 0 Å². The maximum Gasteiger partial charge on any atom is 0.318 e. The summed E-state index contributed by atoms with van der Waals surface area (Å²) in [6, 6.07) is 0.159. The van der Waals surface area contributed by atoms with Crippen LogP contribution >= 0.6 is 0 Å². The van der Waals surface area contributed by atoms with Crippen molar-refractivity contribution in [2.24, 2.45) is 23.3 Å². The molecule has 4 heterocycles. The number of hydrogen-bond donors (Lipinski definition) is 4. The van der Waals surface area contributed by atoms with Crippen LogP contribution in [0.25, 0.3) is 0 Å². The summed E-state index contributed by atoms with van der Waals surface area (Å²) in [5.41, 5.74) is 13.9. The van der Waals surface area contributed by atoms with Gasteiger partial charge in [-0.1, -0.05) is 26.2 Å². The Labute approximate surface area is 240 Å². The quantitative estimate of drug-likeness (QED) is 0.254. The Kier molecular flexibility index (Phi) is 9.37. The van der Waals surface area contributed by atoms with E-state index >= 15 is 0 Å². The van der Waals surface area contributed by atoms with Crippen molar-refractivity contribution in [1.29, 1.82) is 0 Å². The molecule has 0 aromatic heterocycles. The molecule has 1 aliphatic carbocycles. The van der Waals surface area contributed by atoms with Crippen LogP contribution in [0.15, 0.2) is 11.8 Å². The van der Waals surface area contributed by atoms with E-state index in [1.165, 1.54) is 24.8 Å². The van der Waals surface area contributed by atoms with E-state index in [2.05, 4.69) is 35.7 Å². The molecule has 0 aromatic carbocycles. The number of nitrogens with zero attached hydrogens (tertiary/aromatic N) is 2. The van der Waals surface area contributed by atoms with Crippen molar-refractivity contribution in [2.75, 3.05) is 26.7 Å². The van der Waals surface area contributed by atoms with Gasteiger partial charge in [0.05, 0.1) is 31.6 Å². The number of alkyl halides is 1. The largest absolute Gasteiger partial charge is 0.351 e.